The van der Waals surface area contributed by atoms with Crippen molar-refractivity contribution in [3.8, 4) is 0 Å². The summed E-state index contributed by atoms with van der Waals surface area (Å²) < 4.78 is 10.6. The normalized spacial score (nSPS) is 12.3. The van der Waals surface area contributed by atoms with E-state index in [1.54, 1.807) is 32.9 Å². The van der Waals surface area contributed by atoms with Crippen LogP contribution in [0, 0.1) is 6.92 Å². The van der Waals surface area contributed by atoms with Crippen LogP contribution in [0.1, 0.15) is 44.6 Å². The number of carbonyl (C=O) groups excluding carboxylic acids is 2. The molecule has 146 valence electrons. The topological polar surface area (TPSA) is 80.6 Å². The Morgan fingerprint density at radius 3 is 2.52 bits per heavy atom. The predicted molar refractivity (Wildman–Crippen MR) is 105 cm³/mol. The second-order valence-electron chi connectivity index (χ2n) is 7.43. The molecule has 0 fully saturated rings. The van der Waals surface area contributed by atoms with Crippen LogP contribution in [-0.4, -0.2) is 23.6 Å². The van der Waals surface area contributed by atoms with Crippen LogP contribution >= 0.6 is 0 Å². The van der Waals surface area contributed by atoms with Gasteiger partial charge in [0.1, 0.15) is 17.4 Å². The number of anilines is 1. The average molecular weight is 372 g/mol. The summed E-state index contributed by atoms with van der Waals surface area (Å²) in [4.78, 5) is 25.1. The third kappa shape index (κ3) is 6.16. The lowest BCUT2D eigenvalue weighted by molar-refractivity contribution is -0.118. The Balaban J connectivity index is 2.19. The van der Waals surface area contributed by atoms with E-state index < -0.39 is 17.7 Å². The van der Waals surface area contributed by atoms with Gasteiger partial charge >= 0.3 is 6.09 Å². The minimum Gasteiger partial charge on any atom is -0.469 e. The molecule has 2 amide bonds. The zero-order valence-electron chi connectivity index (χ0n) is 16.6. The highest BCUT2D eigenvalue weighted by atomic mass is 16.6. The maximum Gasteiger partial charge on any atom is 0.408 e. The van der Waals surface area contributed by atoms with Gasteiger partial charge in [-0.2, -0.15) is 0 Å². The summed E-state index contributed by atoms with van der Waals surface area (Å²) in [6.07, 6.45) is 1.91. The number of benzene rings is 1. The number of rotatable bonds is 6. The van der Waals surface area contributed by atoms with Crippen LogP contribution in [-0.2, 0) is 22.4 Å². The van der Waals surface area contributed by atoms with Crippen LogP contribution in [0.5, 0.6) is 0 Å². The monoisotopic (exact) mass is 372 g/mol. The molecule has 1 aromatic heterocycles. The number of aryl methyl sites for hydroxylation is 2. The number of carbonyl (C=O) groups is 2. The van der Waals surface area contributed by atoms with Gasteiger partial charge in [-0.3, -0.25) is 4.79 Å². The third-order valence-electron chi connectivity index (χ3n) is 3.98. The summed E-state index contributed by atoms with van der Waals surface area (Å²) in [6.45, 7) is 9.29. The van der Waals surface area contributed by atoms with Crippen molar-refractivity contribution in [3.05, 3.63) is 53.5 Å². The first kappa shape index (κ1) is 20.6. The van der Waals surface area contributed by atoms with Gasteiger partial charge in [0.05, 0.1) is 6.26 Å². The van der Waals surface area contributed by atoms with E-state index in [0.29, 0.717) is 5.76 Å². The highest BCUT2D eigenvalue weighted by Gasteiger charge is 2.26. The van der Waals surface area contributed by atoms with E-state index in [1.165, 1.54) is 6.26 Å². The first-order valence-electron chi connectivity index (χ1n) is 9.11. The molecule has 1 heterocycles. The lowest BCUT2D eigenvalue weighted by Crippen LogP contribution is -2.47. The Labute approximate surface area is 160 Å². The van der Waals surface area contributed by atoms with Crippen molar-refractivity contribution in [1.29, 1.82) is 0 Å². The van der Waals surface area contributed by atoms with E-state index in [0.717, 1.165) is 23.2 Å². The Hall–Kier alpha value is -2.76. The maximum atomic E-state index is 12.9. The summed E-state index contributed by atoms with van der Waals surface area (Å²) >= 11 is 0. The van der Waals surface area contributed by atoms with E-state index in [2.05, 4.69) is 10.6 Å². The minimum atomic E-state index is -0.824. The second kappa shape index (κ2) is 8.75. The van der Waals surface area contributed by atoms with Crippen LogP contribution in [0.25, 0.3) is 0 Å². The smallest absolute Gasteiger partial charge is 0.408 e. The van der Waals surface area contributed by atoms with Crippen molar-refractivity contribution < 1.29 is 18.7 Å². The quantitative estimate of drug-likeness (QED) is 0.795. The zero-order valence-corrected chi connectivity index (χ0v) is 16.6. The molecule has 27 heavy (non-hydrogen) atoms. The Morgan fingerprint density at radius 1 is 1.19 bits per heavy atom. The fraction of sp³-hybridized carbons (Fsp3) is 0.429. The van der Waals surface area contributed by atoms with Gasteiger partial charge in [-0.25, -0.2) is 4.79 Å². The van der Waals surface area contributed by atoms with Crippen LogP contribution < -0.4 is 10.6 Å². The molecule has 0 radical (unpaired) electrons. The van der Waals surface area contributed by atoms with Crippen molar-refractivity contribution >= 4 is 17.7 Å². The van der Waals surface area contributed by atoms with E-state index in [-0.39, 0.29) is 12.3 Å². The second-order valence-corrected chi connectivity index (χ2v) is 7.43. The minimum absolute atomic E-state index is 0.228. The fourth-order valence-electron chi connectivity index (χ4n) is 2.70. The fourth-order valence-corrected chi connectivity index (χ4v) is 2.70. The molecule has 0 spiro atoms. The van der Waals surface area contributed by atoms with Gasteiger partial charge in [-0.1, -0.05) is 25.1 Å². The van der Waals surface area contributed by atoms with Crippen molar-refractivity contribution in [2.75, 3.05) is 5.32 Å². The molecule has 0 saturated carbocycles. The SMILES string of the molecule is CCc1cccc(C)c1NC(=O)C(Cc1ccco1)NC(=O)OC(C)(C)C. The van der Waals surface area contributed by atoms with E-state index >= 15 is 0 Å². The first-order chi connectivity index (χ1) is 12.7. The van der Waals surface area contributed by atoms with Crippen molar-refractivity contribution in [1.82, 2.24) is 5.32 Å². The van der Waals surface area contributed by atoms with E-state index in [1.807, 2.05) is 32.0 Å². The highest BCUT2D eigenvalue weighted by Crippen LogP contribution is 2.21. The van der Waals surface area contributed by atoms with Gasteiger partial charge < -0.3 is 19.8 Å². The van der Waals surface area contributed by atoms with Crippen molar-refractivity contribution in [3.63, 3.8) is 0 Å². The van der Waals surface area contributed by atoms with E-state index in [4.69, 9.17) is 9.15 Å². The summed E-state index contributed by atoms with van der Waals surface area (Å²) in [7, 11) is 0. The summed E-state index contributed by atoms with van der Waals surface area (Å²) in [5, 5.41) is 5.62. The number of hydrogen-bond acceptors (Lipinski definition) is 4. The Kier molecular flexibility index (Phi) is 6.66. The zero-order chi connectivity index (χ0) is 20.0. The van der Waals surface area contributed by atoms with Gasteiger partial charge in [0.15, 0.2) is 0 Å². The van der Waals surface area contributed by atoms with E-state index in [9.17, 15) is 9.59 Å². The lowest BCUT2D eigenvalue weighted by atomic mass is 10.0. The number of alkyl carbamates (subject to hydrolysis) is 1. The third-order valence-corrected chi connectivity index (χ3v) is 3.98. The molecule has 0 aliphatic rings. The molecule has 2 rings (SSSR count). The predicted octanol–water partition coefficient (Wildman–Crippen LogP) is 4.22. The van der Waals surface area contributed by atoms with Crippen LogP contribution in [0.2, 0.25) is 0 Å². The number of nitrogens with one attached hydrogen (secondary N) is 2. The molecule has 1 unspecified atom stereocenters. The van der Waals surface area contributed by atoms with Gasteiger partial charge in [0, 0.05) is 12.1 Å². The van der Waals surface area contributed by atoms with Crippen LogP contribution in [0.4, 0.5) is 10.5 Å². The van der Waals surface area contributed by atoms with Gasteiger partial charge in [0.2, 0.25) is 5.91 Å². The Bertz CT molecular complexity index is 776. The Morgan fingerprint density at radius 2 is 1.93 bits per heavy atom. The standard InChI is InChI=1S/C21H28N2O4/c1-6-15-10-7-9-14(2)18(15)23-19(24)17(13-16-11-8-12-26-16)22-20(25)27-21(3,4)5/h7-12,17H,6,13H2,1-5H3,(H,22,25)(H,23,24). The largest absolute Gasteiger partial charge is 0.469 e. The molecular weight excluding hydrogens is 344 g/mol. The summed E-state index contributed by atoms with van der Waals surface area (Å²) in [6, 6.07) is 8.57. The van der Waals surface area contributed by atoms with Crippen molar-refractivity contribution in [2.45, 2.75) is 59.1 Å². The molecule has 2 N–H and O–H groups in total. The number of amides is 2. The van der Waals surface area contributed by atoms with Gasteiger partial charge in [0.25, 0.3) is 0 Å². The van der Waals surface area contributed by atoms with Crippen LogP contribution in [0.3, 0.4) is 0 Å². The van der Waals surface area contributed by atoms with Gasteiger partial charge in [-0.05, 0) is 57.4 Å². The number of hydrogen-bond donors (Lipinski definition) is 2. The first-order valence-corrected chi connectivity index (χ1v) is 9.11. The van der Waals surface area contributed by atoms with Crippen LogP contribution in [0.15, 0.2) is 41.0 Å². The molecule has 1 aromatic carbocycles. The molecule has 0 aliphatic heterocycles. The maximum absolute atomic E-state index is 12.9. The number of ether oxygens (including phenoxy) is 1. The molecular formula is C21H28N2O4. The lowest BCUT2D eigenvalue weighted by Gasteiger charge is -2.23. The summed E-state index contributed by atoms with van der Waals surface area (Å²) in [5.41, 5.74) is 2.13. The highest BCUT2D eigenvalue weighted by molar-refractivity contribution is 5.97. The molecule has 0 bridgehead atoms. The molecule has 6 nitrogen and oxygen atoms in total. The molecule has 0 aliphatic carbocycles. The number of furan rings is 1. The molecule has 0 saturated heterocycles. The summed E-state index contributed by atoms with van der Waals surface area (Å²) in [5.74, 6) is 0.285. The van der Waals surface area contributed by atoms with Gasteiger partial charge in [-0.15, -0.1) is 0 Å². The van der Waals surface area contributed by atoms with Crippen molar-refractivity contribution in [2.24, 2.45) is 0 Å². The molecule has 2 aromatic rings. The molecule has 1 atom stereocenters. The number of para-hydroxylation sites is 1. The molecule has 6 heteroatoms. The average Bonchev–Trinajstić information content (AvgIpc) is 3.07.